The van der Waals surface area contributed by atoms with E-state index >= 15 is 0 Å². The van der Waals surface area contributed by atoms with Crippen LogP contribution < -0.4 is 0 Å². The van der Waals surface area contributed by atoms with Crippen LogP contribution in [0.3, 0.4) is 0 Å². The maximum atomic E-state index is 11.6. The first-order valence-electron chi connectivity index (χ1n) is 5.24. The fourth-order valence-corrected chi connectivity index (χ4v) is 2.44. The summed E-state index contributed by atoms with van der Waals surface area (Å²) in [5.74, 6) is 0.292. The largest absolute Gasteiger partial charge is 0.374 e. The zero-order chi connectivity index (χ0) is 9.26. The zero-order valence-corrected chi connectivity index (χ0v) is 8.16. The average Bonchev–Trinajstić information content (AvgIpc) is 2.63. The Kier molecular flexibility index (Phi) is 2.54. The van der Waals surface area contributed by atoms with Gasteiger partial charge in [0.1, 0.15) is 0 Å². The molecule has 3 nitrogen and oxygen atoms in total. The van der Waals surface area contributed by atoms with Crippen molar-refractivity contribution in [3.8, 4) is 0 Å². The Morgan fingerprint density at radius 1 is 1.54 bits per heavy atom. The Bertz CT molecular complexity index is 205. The maximum Gasteiger partial charge on any atom is 0.222 e. The molecule has 0 radical (unpaired) electrons. The van der Waals surface area contributed by atoms with E-state index in [1.54, 1.807) is 0 Å². The van der Waals surface area contributed by atoms with Crippen molar-refractivity contribution in [1.29, 1.82) is 0 Å². The molecule has 2 atom stereocenters. The summed E-state index contributed by atoms with van der Waals surface area (Å²) in [7, 11) is 0. The number of hydrogen-bond acceptors (Lipinski definition) is 2. The van der Waals surface area contributed by atoms with Gasteiger partial charge in [0.05, 0.1) is 18.8 Å². The van der Waals surface area contributed by atoms with Gasteiger partial charge >= 0.3 is 0 Å². The van der Waals surface area contributed by atoms with E-state index in [2.05, 4.69) is 0 Å². The molecule has 2 aliphatic rings. The molecule has 0 spiro atoms. The molecule has 13 heavy (non-hydrogen) atoms. The number of amides is 1. The second kappa shape index (κ2) is 3.66. The van der Waals surface area contributed by atoms with E-state index in [-0.39, 0.29) is 0 Å². The smallest absolute Gasteiger partial charge is 0.222 e. The number of rotatable bonds is 1. The summed E-state index contributed by atoms with van der Waals surface area (Å²) in [5.41, 5.74) is 0. The molecule has 1 aliphatic carbocycles. The molecule has 1 saturated carbocycles. The third-order valence-corrected chi connectivity index (χ3v) is 3.10. The van der Waals surface area contributed by atoms with Crippen molar-refractivity contribution < 1.29 is 9.53 Å². The van der Waals surface area contributed by atoms with Crippen LogP contribution in [0.4, 0.5) is 0 Å². The van der Waals surface area contributed by atoms with Crippen LogP contribution in [0.15, 0.2) is 0 Å². The van der Waals surface area contributed by atoms with E-state index < -0.39 is 0 Å². The van der Waals surface area contributed by atoms with Gasteiger partial charge in [-0.25, -0.2) is 0 Å². The number of morpholine rings is 1. The summed E-state index contributed by atoms with van der Waals surface area (Å²) in [6.45, 7) is 3.46. The van der Waals surface area contributed by atoms with E-state index in [1.807, 2.05) is 11.8 Å². The number of carbonyl (C=O) groups is 1. The van der Waals surface area contributed by atoms with Gasteiger partial charge in [0.15, 0.2) is 0 Å². The van der Waals surface area contributed by atoms with Crippen LogP contribution >= 0.6 is 0 Å². The summed E-state index contributed by atoms with van der Waals surface area (Å²) < 4.78 is 5.63. The Morgan fingerprint density at radius 3 is 3.15 bits per heavy atom. The van der Waals surface area contributed by atoms with Gasteiger partial charge in [0.2, 0.25) is 5.91 Å². The van der Waals surface area contributed by atoms with Crippen molar-refractivity contribution in [2.75, 3.05) is 13.2 Å². The second-order valence-corrected chi connectivity index (χ2v) is 3.85. The van der Waals surface area contributed by atoms with Gasteiger partial charge in [-0.05, 0) is 19.3 Å². The van der Waals surface area contributed by atoms with E-state index in [1.165, 1.54) is 6.42 Å². The van der Waals surface area contributed by atoms with Crippen LogP contribution in [-0.2, 0) is 9.53 Å². The quantitative estimate of drug-likeness (QED) is 0.611. The number of carbonyl (C=O) groups excluding carboxylic acids is 1. The van der Waals surface area contributed by atoms with Gasteiger partial charge in [0.25, 0.3) is 0 Å². The lowest BCUT2D eigenvalue weighted by Crippen LogP contribution is -2.51. The highest BCUT2D eigenvalue weighted by Crippen LogP contribution is 2.29. The second-order valence-electron chi connectivity index (χ2n) is 3.85. The molecule has 0 aromatic carbocycles. The molecule has 2 fully saturated rings. The van der Waals surface area contributed by atoms with E-state index in [4.69, 9.17) is 4.74 Å². The average molecular weight is 183 g/mol. The first kappa shape index (κ1) is 9.00. The van der Waals surface area contributed by atoms with Crippen molar-refractivity contribution in [2.24, 2.45) is 0 Å². The Hall–Kier alpha value is -0.570. The Morgan fingerprint density at radius 2 is 2.38 bits per heavy atom. The lowest BCUT2D eigenvalue weighted by molar-refractivity contribution is -0.143. The molecule has 1 amide bonds. The molecule has 1 aliphatic heterocycles. The number of fused-ring (bicyclic) bond motifs is 1. The first-order valence-corrected chi connectivity index (χ1v) is 5.24. The van der Waals surface area contributed by atoms with Crippen LogP contribution in [-0.4, -0.2) is 36.1 Å². The molecular weight excluding hydrogens is 166 g/mol. The molecule has 74 valence electrons. The maximum absolute atomic E-state index is 11.6. The molecule has 2 unspecified atom stereocenters. The van der Waals surface area contributed by atoms with Gasteiger partial charge in [-0.3, -0.25) is 4.79 Å². The van der Waals surface area contributed by atoms with Crippen LogP contribution in [0.25, 0.3) is 0 Å². The van der Waals surface area contributed by atoms with E-state index in [0.717, 1.165) is 26.0 Å². The van der Waals surface area contributed by atoms with Crippen LogP contribution in [0.2, 0.25) is 0 Å². The fourth-order valence-electron chi connectivity index (χ4n) is 2.44. The predicted molar refractivity (Wildman–Crippen MR) is 49.4 cm³/mol. The van der Waals surface area contributed by atoms with Crippen LogP contribution in [0, 0.1) is 0 Å². The number of nitrogens with zero attached hydrogens (tertiary/aromatic N) is 1. The summed E-state index contributed by atoms with van der Waals surface area (Å²) in [6, 6.07) is 0.390. The van der Waals surface area contributed by atoms with Crippen molar-refractivity contribution in [2.45, 2.75) is 44.8 Å². The minimum absolute atomic E-state index is 0.292. The Labute approximate surface area is 79.0 Å². The SMILES string of the molecule is CCC(=O)N1CCOC2CCCC21. The summed E-state index contributed by atoms with van der Waals surface area (Å²) in [5, 5.41) is 0. The van der Waals surface area contributed by atoms with Crippen molar-refractivity contribution in [3.63, 3.8) is 0 Å². The molecule has 1 saturated heterocycles. The minimum atomic E-state index is 0.292. The van der Waals surface area contributed by atoms with Crippen molar-refractivity contribution in [1.82, 2.24) is 4.90 Å². The highest BCUT2D eigenvalue weighted by Gasteiger charge is 2.37. The monoisotopic (exact) mass is 183 g/mol. The fraction of sp³-hybridized carbons (Fsp3) is 0.900. The molecule has 0 aromatic heterocycles. The van der Waals surface area contributed by atoms with Crippen molar-refractivity contribution in [3.05, 3.63) is 0 Å². The zero-order valence-electron chi connectivity index (χ0n) is 8.16. The highest BCUT2D eigenvalue weighted by atomic mass is 16.5. The van der Waals surface area contributed by atoms with Gasteiger partial charge < -0.3 is 9.64 Å². The molecule has 0 bridgehead atoms. The van der Waals surface area contributed by atoms with Crippen LogP contribution in [0.5, 0.6) is 0 Å². The standard InChI is InChI=1S/C10H17NO2/c1-2-10(12)11-6-7-13-9-5-3-4-8(9)11/h8-9H,2-7H2,1H3. The van der Waals surface area contributed by atoms with Gasteiger partial charge in [-0.1, -0.05) is 6.92 Å². The molecule has 1 heterocycles. The van der Waals surface area contributed by atoms with Crippen molar-refractivity contribution >= 4 is 5.91 Å². The topological polar surface area (TPSA) is 29.5 Å². The van der Waals surface area contributed by atoms with E-state index in [9.17, 15) is 4.79 Å². The van der Waals surface area contributed by atoms with Crippen LogP contribution in [0.1, 0.15) is 32.6 Å². The molecule has 0 N–H and O–H groups in total. The Balaban J connectivity index is 2.05. The first-order chi connectivity index (χ1) is 6.33. The molecule has 0 aromatic rings. The number of ether oxygens (including phenoxy) is 1. The van der Waals surface area contributed by atoms with Gasteiger partial charge in [0, 0.05) is 13.0 Å². The summed E-state index contributed by atoms with van der Waals surface area (Å²) >= 11 is 0. The third-order valence-electron chi connectivity index (χ3n) is 3.10. The summed E-state index contributed by atoms with van der Waals surface area (Å²) in [4.78, 5) is 13.6. The van der Waals surface area contributed by atoms with Gasteiger partial charge in [-0.15, -0.1) is 0 Å². The lowest BCUT2D eigenvalue weighted by Gasteiger charge is -2.37. The molecule has 3 heteroatoms. The minimum Gasteiger partial charge on any atom is -0.374 e. The normalized spacial score (nSPS) is 33.2. The molecule has 2 rings (SSSR count). The number of hydrogen-bond donors (Lipinski definition) is 0. The summed E-state index contributed by atoms with van der Waals surface area (Å²) in [6.07, 6.45) is 4.45. The lowest BCUT2D eigenvalue weighted by atomic mass is 10.1. The highest BCUT2D eigenvalue weighted by molar-refractivity contribution is 5.76. The predicted octanol–water partition coefficient (Wildman–Crippen LogP) is 1.18. The van der Waals surface area contributed by atoms with Gasteiger partial charge in [-0.2, -0.15) is 0 Å². The van der Waals surface area contributed by atoms with E-state index in [0.29, 0.717) is 24.5 Å². The molecular formula is C10H17NO2. The third kappa shape index (κ3) is 1.57.